The molecule has 0 saturated carbocycles. The second kappa shape index (κ2) is 5.02. The molecule has 1 aromatic carbocycles. The normalized spacial score (nSPS) is 20.5. The van der Waals surface area contributed by atoms with Gasteiger partial charge in [0.15, 0.2) is 0 Å². The number of aromatic nitrogens is 1. The van der Waals surface area contributed by atoms with Gasteiger partial charge in [0.2, 0.25) is 0 Å². The van der Waals surface area contributed by atoms with Gasteiger partial charge in [-0.2, -0.15) is 0 Å². The Morgan fingerprint density at radius 3 is 2.95 bits per heavy atom. The number of nitrogens with one attached hydrogen (secondary N) is 1. The first-order chi connectivity index (χ1) is 9.65. The molecule has 3 rings (SSSR count). The van der Waals surface area contributed by atoms with E-state index in [1.165, 1.54) is 6.20 Å². The Labute approximate surface area is 115 Å². The van der Waals surface area contributed by atoms with Gasteiger partial charge in [-0.3, -0.25) is 9.78 Å². The number of carbonyl (C=O) groups is 1. The predicted octanol–water partition coefficient (Wildman–Crippen LogP) is 1.61. The smallest absolute Gasteiger partial charge is 0.253 e. The summed E-state index contributed by atoms with van der Waals surface area (Å²) in [5.41, 5.74) is 2.06. The fourth-order valence-corrected chi connectivity index (χ4v) is 2.51. The van der Waals surface area contributed by atoms with Gasteiger partial charge in [0.1, 0.15) is 5.82 Å². The van der Waals surface area contributed by atoms with Crippen LogP contribution in [0.1, 0.15) is 27.5 Å². The van der Waals surface area contributed by atoms with E-state index < -0.39 is 23.9 Å². The lowest BCUT2D eigenvalue weighted by Gasteiger charge is -2.17. The van der Waals surface area contributed by atoms with Crippen LogP contribution in [0.15, 0.2) is 42.7 Å². The van der Waals surface area contributed by atoms with Crippen molar-refractivity contribution in [2.24, 2.45) is 0 Å². The van der Waals surface area contributed by atoms with Crippen molar-refractivity contribution in [1.29, 1.82) is 0 Å². The van der Waals surface area contributed by atoms with E-state index >= 15 is 0 Å². The van der Waals surface area contributed by atoms with Crippen LogP contribution in [0.3, 0.4) is 0 Å². The summed E-state index contributed by atoms with van der Waals surface area (Å²) in [6, 6.07) is 8.21. The maximum atomic E-state index is 13.1. The third kappa shape index (κ3) is 2.28. The lowest BCUT2D eigenvalue weighted by molar-refractivity contribution is 0.0857. The molecule has 0 saturated heterocycles. The number of carbonyl (C=O) groups excluding carboxylic acids is 1. The first kappa shape index (κ1) is 12.7. The minimum absolute atomic E-state index is 0.140. The van der Waals surface area contributed by atoms with Gasteiger partial charge in [0.25, 0.3) is 5.91 Å². The van der Waals surface area contributed by atoms with Crippen LogP contribution in [0.4, 0.5) is 4.39 Å². The first-order valence-corrected chi connectivity index (χ1v) is 6.32. The number of rotatable bonds is 2. The van der Waals surface area contributed by atoms with Gasteiger partial charge in [-0.1, -0.05) is 24.3 Å². The summed E-state index contributed by atoms with van der Waals surface area (Å²) in [5, 5.41) is 12.8. The Hall–Kier alpha value is -2.27. The number of benzene rings is 1. The van der Waals surface area contributed by atoms with E-state index in [-0.39, 0.29) is 5.56 Å². The third-order valence-electron chi connectivity index (χ3n) is 3.46. The van der Waals surface area contributed by atoms with Crippen molar-refractivity contribution in [3.63, 3.8) is 0 Å². The van der Waals surface area contributed by atoms with Gasteiger partial charge in [0, 0.05) is 12.6 Å². The maximum absolute atomic E-state index is 13.1. The minimum atomic E-state index is -0.669. The first-order valence-electron chi connectivity index (χ1n) is 6.32. The average molecular weight is 272 g/mol. The van der Waals surface area contributed by atoms with Gasteiger partial charge >= 0.3 is 0 Å². The number of hydrogen-bond acceptors (Lipinski definition) is 3. The summed E-state index contributed by atoms with van der Waals surface area (Å²) in [4.78, 5) is 15.7. The molecule has 0 spiro atoms. The van der Waals surface area contributed by atoms with Gasteiger partial charge in [-0.15, -0.1) is 0 Å². The van der Waals surface area contributed by atoms with E-state index in [2.05, 4.69) is 10.3 Å². The fourth-order valence-electron chi connectivity index (χ4n) is 2.51. The standard InChI is InChI=1S/C15H13FN2O2/c16-11-5-10(7-17-8-11)15(20)18-14-12-4-2-1-3-9(12)6-13(14)19/h1-5,7-8,13-14,19H,6H2,(H,18,20)/t13-,14-/m0/s1. The molecular weight excluding hydrogens is 259 g/mol. The lowest BCUT2D eigenvalue weighted by atomic mass is 10.1. The molecular formula is C15H13FN2O2. The van der Waals surface area contributed by atoms with Gasteiger partial charge in [-0.25, -0.2) is 4.39 Å². The highest BCUT2D eigenvalue weighted by Crippen LogP contribution is 2.31. The van der Waals surface area contributed by atoms with E-state index in [4.69, 9.17) is 0 Å². The molecule has 20 heavy (non-hydrogen) atoms. The molecule has 2 N–H and O–H groups in total. The van der Waals surface area contributed by atoms with E-state index in [0.717, 1.165) is 23.4 Å². The zero-order valence-electron chi connectivity index (χ0n) is 10.6. The van der Waals surface area contributed by atoms with Crippen LogP contribution in [0.25, 0.3) is 0 Å². The molecule has 1 aliphatic carbocycles. The molecule has 0 bridgehead atoms. The number of halogens is 1. The Kier molecular flexibility index (Phi) is 3.20. The molecule has 0 fully saturated rings. The van der Waals surface area contributed by atoms with Crippen LogP contribution < -0.4 is 5.32 Å². The molecule has 1 aliphatic rings. The van der Waals surface area contributed by atoms with E-state index in [9.17, 15) is 14.3 Å². The van der Waals surface area contributed by atoms with Crippen molar-refractivity contribution in [2.45, 2.75) is 18.6 Å². The molecule has 1 heterocycles. The molecule has 4 nitrogen and oxygen atoms in total. The summed E-state index contributed by atoms with van der Waals surface area (Å²) in [5.74, 6) is -1.01. The second-order valence-electron chi connectivity index (χ2n) is 4.81. The average Bonchev–Trinajstić information content (AvgIpc) is 2.75. The molecule has 102 valence electrons. The van der Waals surface area contributed by atoms with Gasteiger partial charge < -0.3 is 10.4 Å². The second-order valence-corrected chi connectivity index (χ2v) is 4.81. The highest BCUT2D eigenvalue weighted by molar-refractivity contribution is 5.94. The Morgan fingerprint density at radius 1 is 1.35 bits per heavy atom. The molecule has 0 radical (unpaired) electrons. The highest BCUT2D eigenvalue weighted by Gasteiger charge is 2.32. The fraction of sp³-hybridized carbons (Fsp3) is 0.200. The van der Waals surface area contributed by atoms with Crippen molar-refractivity contribution in [3.8, 4) is 0 Å². The summed E-state index contributed by atoms with van der Waals surface area (Å²) in [6.07, 6.45) is 2.17. The van der Waals surface area contributed by atoms with E-state index in [1.54, 1.807) is 0 Å². The van der Waals surface area contributed by atoms with Crippen molar-refractivity contribution >= 4 is 5.91 Å². The number of nitrogens with zero attached hydrogens (tertiary/aromatic N) is 1. The van der Waals surface area contributed by atoms with Crippen molar-refractivity contribution < 1.29 is 14.3 Å². The van der Waals surface area contributed by atoms with Crippen LogP contribution in [0, 0.1) is 5.82 Å². The van der Waals surface area contributed by atoms with Crippen molar-refractivity contribution in [3.05, 3.63) is 65.2 Å². The summed E-state index contributed by atoms with van der Waals surface area (Å²) < 4.78 is 13.1. The lowest BCUT2D eigenvalue weighted by Crippen LogP contribution is -2.33. The molecule has 1 aromatic heterocycles. The number of amides is 1. The zero-order valence-corrected chi connectivity index (χ0v) is 10.6. The van der Waals surface area contributed by atoms with Crippen molar-refractivity contribution in [1.82, 2.24) is 10.3 Å². The summed E-state index contributed by atoms with van der Waals surface area (Å²) in [7, 11) is 0. The van der Waals surface area contributed by atoms with E-state index in [0.29, 0.717) is 6.42 Å². The van der Waals surface area contributed by atoms with Gasteiger partial charge in [-0.05, 0) is 17.2 Å². The minimum Gasteiger partial charge on any atom is -0.390 e. The largest absolute Gasteiger partial charge is 0.390 e. The molecule has 0 aliphatic heterocycles. The van der Waals surface area contributed by atoms with Crippen molar-refractivity contribution in [2.75, 3.05) is 0 Å². The molecule has 0 unspecified atom stereocenters. The molecule has 5 heteroatoms. The summed E-state index contributed by atoms with van der Waals surface area (Å²) >= 11 is 0. The predicted molar refractivity (Wildman–Crippen MR) is 70.6 cm³/mol. The molecule has 2 atom stereocenters. The van der Waals surface area contributed by atoms with Gasteiger partial charge in [0.05, 0.1) is 23.9 Å². The number of aliphatic hydroxyl groups excluding tert-OH is 1. The van der Waals surface area contributed by atoms with Crippen LogP contribution >= 0.6 is 0 Å². The monoisotopic (exact) mass is 272 g/mol. The quantitative estimate of drug-likeness (QED) is 0.873. The number of pyridine rings is 1. The Morgan fingerprint density at radius 2 is 2.15 bits per heavy atom. The number of hydrogen-bond donors (Lipinski definition) is 2. The zero-order chi connectivity index (χ0) is 14.1. The summed E-state index contributed by atoms with van der Waals surface area (Å²) in [6.45, 7) is 0. The number of aliphatic hydroxyl groups is 1. The number of fused-ring (bicyclic) bond motifs is 1. The van der Waals surface area contributed by atoms with E-state index in [1.807, 2.05) is 24.3 Å². The van der Waals surface area contributed by atoms with Crippen LogP contribution in [-0.4, -0.2) is 22.1 Å². The van der Waals surface area contributed by atoms with Crippen LogP contribution in [-0.2, 0) is 6.42 Å². The van der Waals surface area contributed by atoms with Crippen LogP contribution in [0.2, 0.25) is 0 Å². The highest BCUT2D eigenvalue weighted by atomic mass is 19.1. The topological polar surface area (TPSA) is 62.2 Å². The van der Waals surface area contributed by atoms with Crippen LogP contribution in [0.5, 0.6) is 0 Å². The third-order valence-corrected chi connectivity index (χ3v) is 3.46. The Bertz CT molecular complexity index is 660. The Balaban J connectivity index is 1.83. The molecule has 2 aromatic rings. The SMILES string of the molecule is O=C(N[C@H]1c2ccccc2C[C@@H]1O)c1cncc(F)c1. The maximum Gasteiger partial charge on any atom is 0.253 e. The molecule has 1 amide bonds.